The topological polar surface area (TPSA) is 61.8 Å². The maximum absolute atomic E-state index is 12.8. The summed E-state index contributed by atoms with van der Waals surface area (Å²) in [7, 11) is 1.94. The molecule has 0 radical (unpaired) electrons. The highest BCUT2D eigenvalue weighted by Crippen LogP contribution is 2.38. The first-order valence-electron chi connectivity index (χ1n) is 9.82. The number of anilines is 1. The zero-order chi connectivity index (χ0) is 18.1. The van der Waals surface area contributed by atoms with E-state index in [1.165, 1.54) is 12.8 Å². The van der Waals surface area contributed by atoms with Gasteiger partial charge in [0.25, 0.3) is 0 Å². The molecule has 2 amide bonds. The molecule has 1 atom stereocenters. The van der Waals surface area contributed by atoms with E-state index < -0.39 is 0 Å². The number of hydrogen-bond acceptors (Lipinski definition) is 5. The summed E-state index contributed by atoms with van der Waals surface area (Å²) in [6, 6.07) is 2.43. The molecule has 3 fully saturated rings. The summed E-state index contributed by atoms with van der Waals surface area (Å²) < 4.78 is 5.36. The number of ether oxygens (including phenoxy) is 1. The average Bonchev–Trinajstić information content (AvgIpc) is 3.52. The number of hydrogen-bond donors (Lipinski definition) is 0. The molecular weight excluding hydrogens is 330 g/mol. The normalized spacial score (nSPS) is 23.8. The van der Waals surface area contributed by atoms with Crippen molar-refractivity contribution in [2.45, 2.75) is 44.6 Å². The van der Waals surface area contributed by atoms with Crippen LogP contribution in [0.1, 0.15) is 43.1 Å². The van der Waals surface area contributed by atoms with Gasteiger partial charge in [0.1, 0.15) is 11.6 Å². The number of aryl methyl sites for hydroxylation is 1. The predicted molar refractivity (Wildman–Crippen MR) is 99.5 cm³/mol. The molecule has 1 aliphatic carbocycles. The van der Waals surface area contributed by atoms with E-state index in [9.17, 15) is 4.79 Å². The maximum atomic E-state index is 12.8. The Kier molecular flexibility index (Phi) is 4.98. The molecule has 7 heteroatoms. The van der Waals surface area contributed by atoms with Crippen LogP contribution in [0.4, 0.5) is 10.6 Å². The SMILES string of the molecule is Cc1cc(N2CCCC(N(C)C(=O)N3CCOCC3)C2)nc(C2CC2)n1. The van der Waals surface area contributed by atoms with Crippen molar-refractivity contribution in [2.24, 2.45) is 0 Å². The summed E-state index contributed by atoms with van der Waals surface area (Å²) in [5, 5.41) is 0. The Morgan fingerprint density at radius 2 is 1.96 bits per heavy atom. The number of rotatable bonds is 3. The Bertz CT molecular complexity index is 657. The third kappa shape index (κ3) is 3.77. The quantitative estimate of drug-likeness (QED) is 0.826. The van der Waals surface area contributed by atoms with Crippen LogP contribution in [-0.2, 0) is 4.74 Å². The van der Waals surface area contributed by atoms with E-state index in [-0.39, 0.29) is 12.1 Å². The Labute approximate surface area is 155 Å². The van der Waals surface area contributed by atoms with E-state index in [0.717, 1.165) is 43.3 Å². The largest absolute Gasteiger partial charge is 0.378 e. The second-order valence-electron chi connectivity index (χ2n) is 7.73. The summed E-state index contributed by atoms with van der Waals surface area (Å²) >= 11 is 0. The molecule has 1 saturated carbocycles. The highest BCUT2D eigenvalue weighted by Gasteiger charge is 2.31. The molecule has 3 heterocycles. The van der Waals surface area contributed by atoms with E-state index in [2.05, 4.69) is 16.0 Å². The smallest absolute Gasteiger partial charge is 0.320 e. The number of aromatic nitrogens is 2. The van der Waals surface area contributed by atoms with Crippen LogP contribution in [0.5, 0.6) is 0 Å². The monoisotopic (exact) mass is 359 g/mol. The minimum Gasteiger partial charge on any atom is -0.378 e. The fourth-order valence-electron chi connectivity index (χ4n) is 3.87. The molecule has 4 rings (SSSR count). The molecule has 2 aliphatic heterocycles. The van der Waals surface area contributed by atoms with Crippen molar-refractivity contribution in [2.75, 3.05) is 51.3 Å². The molecular formula is C19H29N5O2. The minimum absolute atomic E-state index is 0.123. The van der Waals surface area contributed by atoms with Gasteiger partial charge in [-0.3, -0.25) is 0 Å². The fraction of sp³-hybridized carbons (Fsp3) is 0.737. The van der Waals surface area contributed by atoms with Gasteiger partial charge in [-0.15, -0.1) is 0 Å². The minimum atomic E-state index is 0.123. The Morgan fingerprint density at radius 1 is 1.19 bits per heavy atom. The number of carbonyl (C=O) groups is 1. The van der Waals surface area contributed by atoms with E-state index >= 15 is 0 Å². The number of nitrogens with zero attached hydrogens (tertiary/aromatic N) is 5. The molecule has 7 nitrogen and oxygen atoms in total. The van der Waals surface area contributed by atoms with Crippen LogP contribution >= 0.6 is 0 Å². The number of morpholine rings is 1. The standard InChI is InChI=1S/C19H29N5O2/c1-14-12-17(21-18(20-14)15-5-6-15)24-7-3-4-16(13-24)22(2)19(25)23-8-10-26-11-9-23/h12,15-16H,3-11,13H2,1-2H3. The number of piperidine rings is 1. The number of amides is 2. The van der Waals surface area contributed by atoms with Gasteiger partial charge in [-0.25, -0.2) is 14.8 Å². The molecule has 3 aliphatic rings. The molecule has 0 spiro atoms. The number of likely N-dealkylation sites (N-methyl/N-ethyl adjacent to an activating group) is 1. The van der Waals surface area contributed by atoms with Gasteiger partial charge in [0.2, 0.25) is 0 Å². The average molecular weight is 359 g/mol. The lowest BCUT2D eigenvalue weighted by molar-refractivity contribution is 0.0414. The lowest BCUT2D eigenvalue weighted by Gasteiger charge is -2.40. The maximum Gasteiger partial charge on any atom is 0.320 e. The van der Waals surface area contributed by atoms with Gasteiger partial charge in [0.05, 0.1) is 19.3 Å². The summed E-state index contributed by atoms with van der Waals surface area (Å²) in [4.78, 5) is 28.4. The summed E-state index contributed by atoms with van der Waals surface area (Å²) in [5.74, 6) is 2.58. The van der Waals surface area contributed by atoms with Crippen molar-refractivity contribution >= 4 is 11.8 Å². The third-order valence-electron chi connectivity index (χ3n) is 5.65. The van der Waals surface area contributed by atoms with Gasteiger partial charge in [-0.2, -0.15) is 0 Å². The van der Waals surface area contributed by atoms with Crippen LogP contribution in [0.2, 0.25) is 0 Å². The first-order valence-corrected chi connectivity index (χ1v) is 9.82. The van der Waals surface area contributed by atoms with Gasteiger partial charge < -0.3 is 19.4 Å². The fourth-order valence-corrected chi connectivity index (χ4v) is 3.87. The Balaban J connectivity index is 1.44. The van der Waals surface area contributed by atoms with E-state index in [1.807, 2.05) is 23.8 Å². The van der Waals surface area contributed by atoms with Crippen molar-refractivity contribution < 1.29 is 9.53 Å². The molecule has 0 aromatic carbocycles. The molecule has 142 valence electrons. The second kappa shape index (κ2) is 7.39. The van der Waals surface area contributed by atoms with E-state index in [1.54, 1.807) is 0 Å². The second-order valence-corrected chi connectivity index (χ2v) is 7.73. The number of carbonyl (C=O) groups excluding carboxylic acids is 1. The summed E-state index contributed by atoms with van der Waals surface area (Å²) in [6.45, 7) is 6.54. The van der Waals surface area contributed by atoms with Crippen molar-refractivity contribution in [3.05, 3.63) is 17.6 Å². The lowest BCUT2D eigenvalue weighted by Crippen LogP contribution is -2.54. The molecule has 1 aromatic heterocycles. The summed E-state index contributed by atoms with van der Waals surface area (Å²) in [6.07, 6.45) is 4.54. The Hall–Kier alpha value is -1.89. The zero-order valence-electron chi connectivity index (χ0n) is 15.9. The van der Waals surface area contributed by atoms with Crippen LogP contribution in [0.3, 0.4) is 0 Å². The molecule has 1 unspecified atom stereocenters. The van der Waals surface area contributed by atoms with Crippen molar-refractivity contribution in [1.82, 2.24) is 19.8 Å². The lowest BCUT2D eigenvalue weighted by atomic mass is 10.0. The number of urea groups is 1. The van der Waals surface area contributed by atoms with Crippen molar-refractivity contribution in [1.29, 1.82) is 0 Å². The third-order valence-corrected chi connectivity index (χ3v) is 5.65. The van der Waals surface area contributed by atoms with Crippen molar-refractivity contribution in [3.63, 3.8) is 0 Å². The molecule has 0 bridgehead atoms. The predicted octanol–water partition coefficient (Wildman–Crippen LogP) is 2.02. The molecule has 26 heavy (non-hydrogen) atoms. The first kappa shape index (κ1) is 17.5. The molecule has 0 N–H and O–H groups in total. The van der Waals surface area contributed by atoms with Gasteiger partial charge >= 0.3 is 6.03 Å². The first-order chi connectivity index (χ1) is 12.6. The highest BCUT2D eigenvalue weighted by atomic mass is 16.5. The van der Waals surface area contributed by atoms with Crippen LogP contribution in [0, 0.1) is 6.92 Å². The van der Waals surface area contributed by atoms with Crippen LogP contribution in [-0.4, -0.2) is 78.3 Å². The van der Waals surface area contributed by atoms with Gasteiger partial charge in [0, 0.05) is 50.9 Å². The molecule has 2 saturated heterocycles. The summed E-state index contributed by atoms with van der Waals surface area (Å²) in [5.41, 5.74) is 1.04. The van der Waals surface area contributed by atoms with E-state index in [0.29, 0.717) is 32.2 Å². The van der Waals surface area contributed by atoms with Gasteiger partial charge in [-0.1, -0.05) is 0 Å². The zero-order valence-corrected chi connectivity index (χ0v) is 15.9. The van der Waals surface area contributed by atoms with Crippen LogP contribution in [0.25, 0.3) is 0 Å². The molecule has 1 aromatic rings. The highest BCUT2D eigenvalue weighted by molar-refractivity contribution is 5.74. The van der Waals surface area contributed by atoms with Gasteiger partial charge in [0.15, 0.2) is 0 Å². The van der Waals surface area contributed by atoms with Gasteiger partial charge in [-0.05, 0) is 32.6 Å². The Morgan fingerprint density at radius 3 is 2.69 bits per heavy atom. The van der Waals surface area contributed by atoms with Crippen LogP contribution < -0.4 is 4.90 Å². The van der Waals surface area contributed by atoms with E-state index in [4.69, 9.17) is 9.72 Å². The van der Waals surface area contributed by atoms with Crippen LogP contribution in [0.15, 0.2) is 6.07 Å². The van der Waals surface area contributed by atoms with Crippen molar-refractivity contribution in [3.8, 4) is 0 Å².